The number of nitrogens with zero attached hydrogens (tertiary/aromatic N) is 1. The van der Waals surface area contributed by atoms with Crippen molar-refractivity contribution in [2.24, 2.45) is 11.8 Å². The van der Waals surface area contributed by atoms with Gasteiger partial charge in [-0.2, -0.15) is 0 Å². The number of nitrogens with one attached hydrogen (secondary N) is 2. The van der Waals surface area contributed by atoms with E-state index in [2.05, 4.69) is 17.3 Å². The number of hydrogen-bond donors (Lipinski definition) is 2. The van der Waals surface area contributed by atoms with Crippen LogP contribution in [0.2, 0.25) is 0 Å². The minimum absolute atomic E-state index is 0.113. The molecule has 13 heteroatoms. The first-order valence-electron chi connectivity index (χ1n) is 12.8. The highest BCUT2D eigenvalue weighted by atomic mass is 35.6. The Morgan fingerprint density at radius 3 is 2.50 bits per heavy atom. The van der Waals surface area contributed by atoms with Gasteiger partial charge in [-0.15, -0.1) is 6.58 Å². The first kappa shape index (κ1) is 33.1. The number of carbonyl (C=O) groups excluding carboxylic acids is 3. The fourth-order valence-corrected chi connectivity index (χ4v) is 4.43. The van der Waals surface area contributed by atoms with Gasteiger partial charge in [0.1, 0.15) is 12.1 Å². The fourth-order valence-electron chi connectivity index (χ4n) is 4.24. The number of rotatable bonds is 14. The minimum Gasteiger partial charge on any atom is -0.452 e. The number of ether oxygens (including phenoxy) is 4. The molecule has 2 fully saturated rings. The number of halogens is 3. The summed E-state index contributed by atoms with van der Waals surface area (Å²) in [6.07, 6.45) is 2.32. The molecule has 2 rings (SSSR count). The van der Waals surface area contributed by atoms with Gasteiger partial charge in [0.05, 0.1) is 24.7 Å². The molecule has 2 aliphatic heterocycles. The maximum atomic E-state index is 13.1. The summed E-state index contributed by atoms with van der Waals surface area (Å²) in [6, 6.07) is -1.03. The van der Waals surface area contributed by atoms with Crippen LogP contribution >= 0.6 is 34.8 Å². The molecule has 0 aromatic rings. The van der Waals surface area contributed by atoms with E-state index in [9.17, 15) is 14.4 Å². The van der Waals surface area contributed by atoms with Gasteiger partial charge in [-0.05, 0) is 45.4 Å². The average Bonchev–Trinajstić information content (AvgIpc) is 3.65. The molecule has 2 saturated heterocycles. The Balaban J connectivity index is 1.90. The van der Waals surface area contributed by atoms with E-state index in [4.69, 9.17) is 53.8 Å². The Labute approximate surface area is 239 Å². The standard InChI is InChI=1S/C25H40Cl3N3O7/c1-7-8-11-18(35-6)15(4)23(34)37-19(14(2)3)21(32)29-16(5)22(33)31-12-9-10-17(30-31)20-24(38-20)36-13-25(26,27)28/h7,14-20,24,30H,1,8-13H2,2-6H3,(H,29,32)/t15-,16+,17+,18-,19+,20?,24?/m1/s1. The third-order valence-electron chi connectivity index (χ3n) is 6.50. The maximum absolute atomic E-state index is 13.1. The molecule has 38 heavy (non-hydrogen) atoms. The van der Waals surface area contributed by atoms with Gasteiger partial charge < -0.3 is 24.3 Å². The molecule has 7 atom stereocenters. The molecular weight excluding hydrogens is 561 g/mol. The van der Waals surface area contributed by atoms with E-state index >= 15 is 0 Å². The van der Waals surface area contributed by atoms with Crippen molar-refractivity contribution >= 4 is 52.6 Å². The zero-order valence-electron chi connectivity index (χ0n) is 22.6. The van der Waals surface area contributed by atoms with Gasteiger partial charge in [-0.25, -0.2) is 5.43 Å². The molecule has 10 nitrogen and oxygen atoms in total. The summed E-state index contributed by atoms with van der Waals surface area (Å²) in [5, 5.41) is 4.16. The van der Waals surface area contributed by atoms with Crippen molar-refractivity contribution in [3.05, 3.63) is 12.7 Å². The second kappa shape index (κ2) is 15.0. The lowest BCUT2D eigenvalue weighted by Gasteiger charge is -2.35. The van der Waals surface area contributed by atoms with Crippen molar-refractivity contribution < 1.29 is 33.3 Å². The zero-order valence-corrected chi connectivity index (χ0v) is 24.9. The number of amides is 2. The third-order valence-corrected chi connectivity index (χ3v) is 6.83. The summed E-state index contributed by atoms with van der Waals surface area (Å²) in [7, 11) is 1.53. The van der Waals surface area contributed by atoms with Crippen molar-refractivity contribution in [3.63, 3.8) is 0 Å². The first-order chi connectivity index (χ1) is 17.8. The van der Waals surface area contributed by atoms with E-state index in [1.165, 1.54) is 12.1 Å². The Hall–Kier alpha value is -1.14. The minimum atomic E-state index is -1.54. The number of carbonyl (C=O) groups is 3. The maximum Gasteiger partial charge on any atom is 0.312 e. The summed E-state index contributed by atoms with van der Waals surface area (Å²) < 4.78 is 20.5. The molecule has 0 bridgehead atoms. The lowest BCUT2D eigenvalue weighted by atomic mass is 9.99. The van der Waals surface area contributed by atoms with Gasteiger partial charge in [0, 0.05) is 13.7 Å². The molecular formula is C25H40Cl3N3O7. The second-order valence-electron chi connectivity index (χ2n) is 10.0. The van der Waals surface area contributed by atoms with Gasteiger partial charge >= 0.3 is 5.97 Å². The number of epoxide rings is 1. The molecule has 218 valence electrons. The van der Waals surface area contributed by atoms with E-state index in [0.717, 1.165) is 12.8 Å². The molecule has 2 amide bonds. The van der Waals surface area contributed by atoms with Crippen molar-refractivity contribution in [3.8, 4) is 0 Å². The number of hydrogen-bond acceptors (Lipinski definition) is 8. The normalized spacial score (nSPS) is 24.8. The summed E-state index contributed by atoms with van der Waals surface area (Å²) in [5.41, 5.74) is 3.15. The Bertz CT molecular complexity index is 827. The van der Waals surface area contributed by atoms with Gasteiger partial charge in [-0.3, -0.25) is 19.4 Å². The van der Waals surface area contributed by atoms with Gasteiger partial charge in [0.15, 0.2) is 12.4 Å². The van der Waals surface area contributed by atoms with E-state index in [0.29, 0.717) is 19.4 Å². The molecule has 2 aliphatic rings. The highest BCUT2D eigenvalue weighted by Gasteiger charge is 2.48. The van der Waals surface area contributed by atoms with Crippen LogP contribution in [0.15, 0.2) is 12.7 Å². The molecule has 2 unspecified atom stereocenters. The number of esters is 1. The molecule has 0 radical (unpaired) electrons. The summed E-state index contributed by atoms with van der Waals surface area (Å²) in [6.45, 7) is 10.9. The molecule has 2 N–H and O–H groups in total. The number of methoxy groups -OCH3 is 1. The third kappa shape index (κ3) is 10.1. The van der Waals surface area contributed by atoms with Gasteiger partial charge in [0.25, 0.3) is 11.8 Å². The number of alkyl halides is 3. The summed E-state index contributed by atoms with van der Waals surface area (Å²) in [4.78, 5) is 38.9. The zero-order chi connectivity index (χ0) is 28.6. The summed E-state index contributed by atoms with van der Waals surface area (Å²) >= 11 is 17.1. The number of hydrazine groups is 1. The van der Waals surface area contributed by atoms with Crippen molar-refractivity contribution in [2.75, 3.05) is 20.3 Å². The molecule has 0 aliphatic carbocycles. The van der Waals surface area contributed by atoms with Gasteiger partial charge in [-0.1, -0.05) is 54.7 Å². The molecule has 0 aromatic carbocycles. The molecule has 0 spiro atoms. The highest BCUT2D eigenvalue weighted by molar-refractivity contribution is 6.67. The van der Waals surface area contributed by atoms with E-state index in [1.807, 2.05) is 0 Å². The lowest BCUT2D eigenvalue weighted by molar-refractivity contribution is -0.166. The summed E-state index contributed by atoms with van der Waals surface area (Å²) in [5.74, 6) is -2.29. The largest absolute Gasteiger partial charge is 0.452 e. The van der Waals surface area contributed by atoms with E-state index < -0.39 is 40.0 Å². The predicted molar refractivity (Wildman–Crippen MR) is 144 cm³/mol. The van der Waals surface area contributed by atoms with Crippen molar-refractivity contribution in [1.82, 2.24) is 15.8 Å². The predicted octanol–water partition coefficient (Wildman–Crippen LogP) is 3.28. The van der Waals surface area contributed by atoms with Crippen LogP contribution in [0.1, 0.15) is 53.4 Å². The first-order valence-corrected chi connectivity index (χ1v) is 14.0. The van der Waals surface area contributed by atoms with Crippen LogP contribution in [-0.4, -0.2) is 83.5 Å². The lowest BCUT2D eigenvalue weighted by Crippen LogP contribution is -2.59. The van der Waals surface area contributed by atoms with Crippen LogP contribution in [0.4, 0.5) is 0 Å². The van der Waals surface area contributed by atoms with Crippen LogP contribution in [0.3, 0.4) is 0 Å². The van der Waals surface area contributed by atoms with Crippen LogP contribution in [0, 0.1) is 11.8 Å². The molecule has 2 heterocycles. The molecule has 0 aromatic heterocycles. The average molecular weight is 601 g/mol. The quantitative estimate of drug-likeness (QED) is 0.135. The van der Waals surface area contributed by atoms with Crippen LogP contribution in [0.5, 0.6) is 0 Å². The number of allylic oxidation sites excluding steroid dienone is 1. The van der Waals surface area contributed by atoms with Crippen LogP contribution in [0.25, 0.3) is 0 Å². The van der Waals surface area contributed by atoms with E-state index in [-0.39, 0.29) is 36.7 Å². The Kier molecular flexibility index (Phi) is 13.1. The SMILES string of the molecule is C=CCC[C@@H](OC)[C@@H](C)C(=O)O[C@H](C(=O)N[C@@H](C)C(=O)N1CCC[C@@H](C2OC2OCC(Cl)(Cl)Cl)N1)C(C)C. The van der Waals surface area contributed by atoms with Gasteiger partial charge in [0.2, 0.25) is 3.79 Å². The Morgan fingerprint density at radius 2 is 1.92 bits per heavy atom. The van der Waals surface area contributed by atoms with Crippen molar-refractivity contribution in [2.45, 2.75) is 93.9 Å². The van der Waals surface area contributed by atoms with E-state index in [1.54, 1.807) is 33.8 Å². The second-order valence-corrected chi connectivity index (χ2v) is 12.5. The van der Waals surface area contributed by atoms with Crippen molar-refractivity contribution in [1.29, 1.82) is 0 Å². The Morgan fingerprint density at radius 1 is 1.24 bits per heavy atom. The smallest absolute Gasteiger partial charge is 0.312 e. The van der Waals surface area contributed by atoms with Crippen LogP contribution < -0.4 is 10.7 Å². The topological polar surface area (TPSA) is 119 Å². The molecule has 0 saturated carbocycles. The van der Waals surface area contributed by atoms with Crippen LogP contribution in [-0.2, 0) is 33.3 Å². The fraction of sp³-hybridized carbons (Fsp3) is 0.800. The monoisotopic (exact) mass is 599 g/mol. The highest BCUT2D eigenvalue weighted by Crippen LogP contribution is 2.34.